The van der Waals surface area contributed by atoms with Crippen LogP contribution in [0.25, 0.3) is 0 Å². The molecule has 1 aliphatic rings. The van der Waals surface area contributed by atoms with E-state index in [2.05, 4.69) is 15.6 Å². The SMILES string of the molecule is NCCCNC1=NCCCN1. The molecular weight excluding hydrogens is 140 g/mol. The van der Waals surface area contributed by atoms with Gasteiger partial charge in [0.15, 0.2) is 5.96 Å². The average Bonchev–Trinajstić information content (AvgIpc) is 2.07. The fourth-order valence-corrected chi connectivity index (χ4v) is 0.960. The second-order valence-corrected chi connectivity index (χ2v) is 2.58. The monoisotopic (exact) mass is 156 g/mol. The Bertz CT molecular complexity index is 132. The van der Waals surface area contributed by atoms with E-state index in [1.165, 1.54) is 0 Å². The number of hydrogen-bond acceptors (Lipinski definition) is 4. The molecule has 0 spiro atoms. The lowest BCUT2D eigenvalue weighted by molar-refractivity contribution is 0.688. The number of nitrogens with two attached hydrogens (primary N) is 1. The van der Waals surface area contributed by atoms with Crippen molar-refractivity contribution in [3.8, 4) is 0 Å². The van der Waals surface area contributed by atoms with E-state index in [9.17, 15) is 0 Å². The Morgan fingerprint density at radius 2 is 2.55 bits per heavy atom. The Balaban J connectivity index is 2.09. The number of hydrogen-bond donors (Lipinski definition) is 3. The standard InChI is InChI=1S/C7H16N4/c8-3-1-4-9-7-10-5-2-6-11-7/h1-6,8H2,(H2,9,10,11). The topological polar surface area (TPSA) is 62.4 Å². The molecular formula is C7H16N4. The first-order valence-electron chi connectivity index (χ1n) is 4.16. The summed E-state index contributed by atoms with van der Waals surface area (Å²) in [5.74, 6) is 0.935. The van der Waals surface area contributed by atoms with Crippen LogP contribution in [0.15, 0.2) is 4.99 Å². The highest BCUT2D eigenvalue weighted by Gasteiger charge is 2.00. The van der Waals surface area contributed by atoms with Crippen molar-refractivity contribution < 1.29 is 0 Å². The third-order valence-corrected chi connectivity index (χ3v) is 1.57. The molecule has 0 aromatic heterocycles. The Morgan fingerprint density at radius 3 is 3.18 bits per heavy atom. The van der Waals surface area contributed by atoms with Gasteiger partial charge in [0.05, 0.1) is 0 Å². The van der Waals surface area contributed by atoms with Crippen LogP contribution in [0.2, 0.25) is 0 Å². The van der Waals surface area contributed by atoms with Crippen LogP contribution in [0.3, 0.4) is 0 Å². The molecule has 64 valence electrons. The average molecular weight is 156 g/mol. The number of aliphatic imine (C=N–C) groups is 1. The fourth-order valence-electron chi connectivity index (χ4n) is 0.960. The zero-order chi connectivity index (χ0) is 7.94. The molecule has 4 heteroatoms. The molecule has 0 bridgehead atoms. The van der Waals surface area contributed by atoms with E-state index in [-0.39, 0.29) is 0 Å². The molecule has 0 saturated heterocycles. The largest absolute Gasteiger partial charge is 0.356 e. The molecule has 4 N–H and O–H groups in total. The Labute approximate surface area is 67.3 Å². The van der Waals surface area contributed by atoms with Gasteiger partial charge in [-0.3, -0.25) is 4.99 Å². The Hall–Kier alpha value is -0.770. The van der Waals surface area contributed by atoms with Crippen LogP contribution in [0.4, 0.5) is 0 Å². The van der Waals surface area contributed by atoms with Crippen molar-refractivity contribution in [1.29, 1.82) is 0 Å². The van der Waals surface area contributed by atoms with Crippen LogP contribution in [0.5, 0.6) is 0 Å². The summed E-state index contributed by atoms with van der Waals surface area (Å²) in [6, 6.07) is 0. The van der Waals surface area contributed by atoms with Gasteiger partial charge < -0.3 is 16.4 Å². The summed E-state index contributed by atoms with van der Waals surface area (Å²) in [4.78, 5) is 4.25. The number of nitrogens with zero attached hydrogens (tertiary/aromatic N) is 1. The molecule has 0 fully saturated rings. The van der Waals surface area contributed by atoms with Crippen molar-refractivity contribution in [3.05, 3.63) is 0 Å². The smallest absolute Gasteiger partial charge is 0.191 e. The van der Waals surface area contributed by atoms with Crippen molar-refractivity contribution in [2.45, 2.75) is 12.8 Å². The van der Waals surface area contributed by atoms with Crippen molar-refractivity contribution in [3.63, 3.8) is 0 Å². The molecule has 0 atom stereocenters. The molecule has 0 saturated carbocycles. The van der Waals surface area contributed by atoms with Gasteiger partial charge in [0.1, 0.15) is 0 Å². The van der Waals surface area contributed by atoms with E-state index >= 15 is 0 Å². The van der Waals surface area contributed by atoms with E-state index in [1.54, 1.807) is 0 Å². The molecule has 0 aliphatic carbocycles. The maximum atomic E-state index is 5.34. The highest BCUT2D eigenvalue weighted by Crippen LogP contribution is 1.86. The first-order chi connectivity index (χ1) is 5.43. The van der Waals surface area contributed by atoms with E-state index in [4.69, 9.17) is 5.73 Å². The molecule has 0 aromatic carbocycles. The van der Waals surface area contributed by atoms with Crippen LogP contribution in [-0.2, 0) is 0 Å². The quantitative estimate of drug-likeness (QED) is 0.472. The fraction of sp³-hybridized carbons (Fsp3) is 0.857. The maximum Gasteiger partial charge on any atom is 0.191 e. The third-order valence-electron chi connectivity index (χ3n) is 1.57. The second-order valence-electron chi connectivity index (χ2n) is 2.58. The van der Waals surface area contributed by atoms with Crippen molar-refractivity contribution in [1.82, 2.24) is 10.6 Å². The first kappa shape index (κ1) is 8.33. The summed E-state index contributed by atoms with van der Waals surface area (Å²) in [5.41, 5.74) is 5.34. The molecule has 0 amide bonds. The molecule has 4 nitrogen and oxygen atoms in total. The van der Waals surface area contributed by atoms with Crippen molar-refractivity contribution in [2.24, 2.45) is 10.7 Å². The van der Waals surface area contributed by atoms with Crippen LogP contribution < -0.4 is 16.4 Å². The van der Waals surface area contributed by atoms with Crippen LogP contribution in [0, 0.1) is 0 Å². The number of guanidine groups is 1. The lowest BCUT2D eigenvalue weighted by Gasteiger charge is -2.15. The van der Waals surface area contributed by atoms with E-state index in [0.29, 0.717) is 0 Å². The van der Waals surface area contributed by atoms with Gasteiger partial charge in [-0.05, 0) is 19.4 Å². The van der Waals surface area contributed by atoms with Gasteiger partial charge in [0.2, 0.25) is 0 Å². The zero-order valence-corrected chi connectivity index (χ0v) is 6.77. The summed E-state index contributed by atoms with van der Waals surface area (Å²) < 4.78 is 0. The van der Waals surface area contributed by atoms with Gasteiger partial charge in [-0.15, -0.1) is 0 Å². The minimum atomic E-state index is 0.736. The minimum absolute atomic E-state index is 0.736. The van der Waals surface area contributed by atoms with Crippen LogP contribution in [0.1, 0.15) is 12.8 Å². The van der Waals surface area contributed by atoms with Gasteiger partial charge in [0.25, 0.3) is 0 Å². The first-order valence-corrected chi connectivity index (χ1v) is 4.16. The number of rotatable bonds is 3. The molecule has 0 aromatic rings. The van der Waals surface area contributed by atoms with Gasteiger partial charge >= 0.3 is 0 Å². The summed E-state index contributed by atoms with van der Waals surface area (Å²) in [5, 5.41) is 6.36. The number of nitrogens with one attached hydrogen (secondary N) is 2. The third kappa shape index (κ3) is 3.23. The minimum Gasteiger partial charge on any atom is -0.356 e. The summed E-state index contributed by atoms with van der Waals surface area (Å²) in [7, 11) is 0. The van der Waals surface area contributed by atoms with E-state index in [1.807, 2.05) is 0 Å². The van der Waals surface area contributed by atoms with Crippen molar-refractivity contribution in [2.75, 3.05) is 26.2 Å². The molecule has 0 unspecified atom stereocenters. The maximum absolute atomic E-state index is 5.34. The van der Waals surface area contributed by atoms with Gasteiger partial charge in [0, 0.05) is 19.6 Å². The normalized spacial score (nSPS) is 17.0. The lowest BCUT2D eigenvalue weighted by atomic mass is 10.4. The predicted molar refractivity (Wildman–Crippen MR) is 46.6 cm³/mol. The Kier molecular flexibility index (Phi) is 3.75. The lowest BCUT2D eigenvalue weighted by Crippen LogP contribution is -2.41. The molecule has 1 heterocycles. The summed E-state index contributed by atoms with van der Waals surface area (Å²) >= 11 is 0. The second kappa shape index (κ2) is 4.96. The highest BCUT2D eigenvalue weighted by molar-refractivity contribution is 5.80. The molecule has 0 radical (unpaired) electrons. The van der Waals surface area contributed by atoms with Crippen LogP contribution >= 0.6 is 0 Å². The van der Waals surface area contributed by atoms with Gasteiger partial charge in [-0.2, -0.15) is 0 Å². The highest BCUT2D eigenvalue weighted by atomic mass is 15.2. The summed E-state index contributed by atoms with van der Waals surface area (Å²) in [6.45, 7) is 3.63. The van der Waals surface area contributed by atoms with E-state index < -0.39 is 0 Å². The summed E-state index contributed by atoms with van der Waals surface area (Å²) in [6.07, 6.45) is 2.14. The van der Waals surface area contributed by atoms with Crippen molar-refractivity contribution >= 4 is 5.96 Å². The predicted octanol–water partition coefficient (Wildman–Crippen LogP) is -0.726. The molecule has 1 rings (SSSR count). The van der Waals surface area contributed by atoms with Gasteiger partial charge in [-0.25, -0.2) is 0 Å². The Morgan fingerprint density at radius 1 is 1.64 bits per heavy atom. The van der Waals surface area contributed by atoms with Gasteiger partial charge in [-0.1, -0.05) is 0 Å². The van der Waals surface area contributed by atoms with Crippen LogP contribution in [-0.4, -0.2) is 32.1 Å². The molecule has 1 aliphatic heterocycles. The van der Waals surface area contributed by atoms with E-state index in [0.717, 1.165) is 45.0 Å². The zero-order valence-electron chi connectivity index (χ0n) is 6.77. The molecule has 11 heavy (non-hydrogen) atoms.